The lowest BCUT2D eigenvalue weighted by atomic mass is 10.2. The molecule has 1 aromatic carbocycles. The van der Waals surface area contributed by atoms with E-state index in [-0.39, 0.29) is 23.0 Å². The molecule has 0 aliphatic rings. The molecule has 0 aliphatic heterocycles. The number of alkyl halides is 6. The van der Waals surface area contributed by atoms with Crippen molar-refractivity contribution in [3.05, 3.63) is 59.8 Å². The molecule has 0 atom stereocenters. The SMILES string of the molecule is FC(F)(F)c1ccc(Oc2cccc(-c3cc(C(F)(F)F)n[nH]3)n2)cc1. The summed E-state index contributed by atoms with van der Waals surface area (Å²) in [7, 11) is 0. The molecular weight excluding hydrogens is 364 g/mol. The van der Waals surface area contributed by atoms with Crippen LogP contribution in [0.1, 0.15) is 11.3 Å². The molecule has 2 aromatic heterocycles. The van der Waals surface area contributed by atoms with E-state index >= 15 is 0 Å². The molecule has 4 nitrogen and oxygen atoms in total. The van der Waals surface area contributed by atoms with Gasteiger partial charge in [-0.05, 0) is 36.4 Å². The van der Waals surface area contributed by atoms with Gasteiger partial charge in [0.05, 0.1) is 17.0 Å². The molecule has 3 aromatic rings. The highest BCUT2D eigenvalue weighted by atomic mass is 19.4. The zero-order valence-electron chi connectivity index (χ0n) is 12.7. The number of benzene rings is 1. The quantitative estimate of drug-likeness (QED) is 0.634. The lowest BCUT2D eigenvalue weighted by molar-refractivity contribution is -0.141. The smallest absolute Gasteiger partial charge is 0.435 e. The summed E-state index contributed by atoms with van der Waals surface area (Å²) in [5, 5.41) is 5.40. The summed E-state index contributed by atoms with van der Waals surface area (Å²) >= 11 is 0. The van der Waals surface area contributed by atoms with Crippen LogP contribution in [0, 0.1) is 0 Å². The minimum Gasteiger partial charge on any atom is -0.439 e. The third-order valence-electron chi connectivity index (χ3n) is 3.27. The number of nitrogens with zero attached hydrogens (tertiary/aromatic N) is 2. The molecule has 1 N–H and O–H groups in total. The summed E-state index contributed by atoms with van der Waals surface area (Å²) < 4.78 is 80.7. The fourth-order valence-corrected chi connectivity index (χ4v) is 2.05. The molecule has 0 bridgehead atoms. The first-order chi connectivity index (χ1) is 12.1. The van der Waals surface area contributed by atoms with Crippen molar-refractivity contribution in [2.24, 2.45) is 0 Å². The van der Waals surface area contributed by atoms with Crippen LogP contribution in [0.4, 0.5) is 26.3 Å². The summed E-state index contributed by atoms with van der Waals surface area (Å²) in [4.78, 5) is 4.02. The number of rotatable bonds is 3. The predicted molar refractivity (Wildman–Crippen MR) is 78.3 cm³/mol. The van der Waals surface area contributed by atoms with Gasteiger partial charge in [0.1, 0.15) is 5.75 Å². The second-order valence-corrected chi connectivity index (χ2v) is 5.15. The molecule has 0 unspecified atom stereocenters. The first-order valence-electron chi connectivity index (χ1n) is 7.08. The largest absolute Gasteiger partial charge is 0.439 e. The summed E-state index contributed by atoms with van der Waals surface area (Å²) in [6.07, 6.45) is -9.06. The molecule has 3 rings (SSSR count). The minimum atomic E-state index is -4.59. The molecule has 0 amide bonds. The second kappa shape index (κ2) is 6.36. The monoisotopic (exact) mass is 373 g/mol. The summed E-state index contributed by atoms with van der Waals surface area (Å²) in [5.74, 6) is 0.105. The van der Waals surface area contributed by atoms with Gasteiger partial charge in [-0.1, -0.05) is 6.07 Å². The molecule has 26 heavy (non-hydrogen) atoms. The van der Waals surface area contributed by atoms with Crippen LogP contribution in [-0.2, 0) is 12.4 Å². The van der Waals surface area contributed by atoms with Gasteiger partial charge < -0.3 is 4.74 Å². The number of aromatic nitrogens is 3. The Morgan fingerprint density at radius 2 is 1.54 bits per heavy atom. The number of pyridine rings is 1. The van der Waals surface area contributed by atoms with E-state index in [1.165, 1.54) is 18.2 Å². The Morgan fingerprint density at radius 3 is 2.12 bits per heavy atom. The molecule has 2 heterocycles. The maximum Gasteiger partial charge on any atom is 0.435 e. The first kappa shape index (κ1) is 17.8. The average molecular weight is 373 g/mol. The summed E-state index contributed by atoms with van der Waals surface area (Å²) in [5.41, 5.74) is -1.76. The molecule has 10 heteroatoms. The molecule has 0 radical (unpaired) electrons. The highest BCUT2D eigenvalue weighted by Crippen LogP contribution is 2.32. The topological polar surface area (TPSA) is 50.8 Å². The van der Waals surface area contributed by atoms with Crippen LogP contribution in [0.25, 0.3) is 11.4 Å². The number of halogens is 6. The highest BCUT2D eigenvalue weighted by molar-refractivity contribution is 5.55. The Hall–Kier alpha value is -3.04. The van der Waals surface area contributed by atoms with Crippen molar-refractivity contribution >= 4 is 0 Å². The second-order valence-electron chi connectivity index (χ2n) is 5.15. The fourth-order valence-electron chi connectivity index (χ4n) is 2.05. The van der Waals surface area contributed by atoms with Gasteiger partial charge in [-0.25, -0.2) is 4.98 Å². The number of nitrogens with one attached hydrogen (secondary N) is 1. The zero-order valence-corrected chi connectivity index (χ0v) is 12.7. The van der Waals surface area contributed by atoms with Gasteiger partial charge >= 0.3 is 12.4 Å². The van der Waals surface area contributed by atoms with Crippen LogP contribution < -0.4 is 4.74 Å². The van der Waals surface area contributed by atoms with E-state index in [2.05, 4.69) is 15.2 Å². The highest BCUT2D eigenvalue weighted by Gasteiger charge is 2.34. The number of ether oxygens (including phenoxy) is 1. The molecular formula is C16H9F6N3O. The van der Waals surface area contributed by atoms with E-state index in [1.807, 2.05) is 0 Å². The van der Waals surface area contributed by atoms with E-state index in [9.17, 15) is 26.3 Å². The molecule has 136 valence electrons. The van der Waals surface area contributed by atoms with Gasteiger partial charge in [-0.2, -0.15) is 31.4 Å². The van der Waals surface area contributed by atoms with Crippen molar-refractivity contribution in [3.8, 4) is 23.0 Å². The standard InChI is InChI=1S/C16H9F6N3O/c17-15(18,19)9-4-6-10(7-5-9)26-14-3-1-2-11(23-14)12-8-13(25-24-12)16(20,21)22/h1-8H,(H,24,25). The van der Waals surface area contributed by atoms with Crippen molar-refractivity contribution in [1.29, 1.82) is 0 Å². The maximum absolute atomic E-state index is 12.6. The zero-order chi connectivity index (χ0) is 18.9. The van der Waals surface area contributed by atoms with Crippen LogP contribution in [0.15, 0.2) is 48.5 Å². The number of aromatic amines is 1. The third kappa shape index (κ3) is 3.95. The van der Waals surface area contributed by atoms with Crippen LogP contribution in [0.3, 0.4) is 0 Å². The predicted octanol–water partition coefficient (Wildman–Crippen LogP) is 5.30. The Balaban J connectivity index is 1.80. The van der Waals surface area contributed by atoms with Crippen LogP contribution in [-0.4, -0.2) is 15.2 Å². The van der Waals surface area contributed by atoms with Crippen molar-refractivity contribution in [3.63, 3.8) is 0 Å². The van der Waals surface area contributed by atoms with Crippen LogP contribution in [0.5, 0.6) is 11.6 Å². The Labute approximate surface area is 142 Å². The number of H-pyrrole nitrogens is 1. The van der Waals surface area contributed by atoms with E-state index < -0.39 is 23.6 Å². The van der Waals surface area contributed by atoms with Gasteiger partial charge in [0.2, 0.25) is 5.88 Å². The van der Waals surface area contributed by atoms with E-state index in [0.717, 1.165) is 30.3 Å². The summed E-state index contributed by atoms with van der Waals surface area (Å²) in [6, 6.07) is 9.08. The molecule has 0 fully saturated rings. The summed E-state index contributed by atoms with van der Waals surface area (Å²) in [6.45, 7) is 0. The first-order valence-corrected chi connectivity index (χ1v) is 7.08. The van der Waals surface area contributed by atoms with Gasteiger partial charge in [0.25, 0.3) is 0 Å². The minimum absolute atomic E-state index is 0.00502. The van der Waals surface area contributed by atoms with Crippen molar-refractivity contribution in [2.45, 2.75) is 12.4 Å². The van der Waals surface area contributed by atoms with Gasteiger partial charge in [-0.15, -0.1) is 0 Å². The fraction of sp³-hybridized carbons (Fsp3) is 0.125. The lowest BCUT2D eigenvalue weighted by Crippen LogP contribution is -2.04. The number of hydrogen-bond acceptors (Lipinski definition) is 3. The van der Waals surface area contributed by atoms with E-state index in [0.29, 0.717) is 0 Å². The van der Waals surface area contributed by atoms with Gasteiger partial charge in [0.15, 0.2) is 5.69 Å². The van der Waals surface area contributed by atoms with E-state index in [4.69, 9.17) is 4.74 Å². The Morgan fingerprint density at radius 1 is 0.846 bits per heavy atom. The van der Waals surface area contributed by atoms with Crippen LogP contribution >= 0.6 is 0 Å². The Bertz CT molecular complexity index is 899. The molecule has 0 saturated heterocycles. The normalized spacial score (nSPS) is 12.2. The van der Waals surface area contributed by atoms with Crippen molar-refractivity contribution in [2.75, 3.05) is 0 Å². The van der Waals surface area contributed by atoms with Crippen molar-refractivity contribution < 1.29 is 31.1 Å². The van der Waals surface area contributed by atoms with Gasteiger partial charge in [0, 0.05) is 6.07 Å². The van der Waals surface area contributed by atoms with Gasteiger partial charge in [-0.3, -0.25) is 5.10 Å². The van der Waals surface area contributed by atoms with Crippen LogP contribution in [0.2, 0.25) is 0 Å². The third-order valence-corrected chi connectivity index (χ3v) is 3.27. The molecule has 0 spiro atoms. The van der Waals surface area contributed by atoms with Crippen molar-refractivity contribution in [1.82, 2.24) is 15.2 Å². The number of hydrogen-bond donors (Lipinski definition) is 1. The average Bonchev–Trinajstić information content (AvgIpc) is 3.05. The lowest BCUT2D eigenvalue weighted by Gasteiger charge is -2.09. The maximum atomic E-state index is 12.6. The molecule has 0 aliphatic carbocycles. The van der Waals surface area contributed by atoms with E-state index in [1.54, 1.807) is 0 Å². The Kier molecular flexibility index (Phi) is 4.34. The molecule has 0 saturated carbocycles.